The van der Waals surface area contributed by atoms with Gasteiger partial charge in [0.05, 0.1) is 13.0 Å². The van der Waals surface area contributed by atoms with Gasteiger partial charge in [0.1, 0.15) is 0 Å². The number of nitrogens with zero attached hydrogens (tertiary/aromatic N) is 2. The molecule has 2 aliphatic rings. The molecule has 1 aromatic rings. The summed E-state index contributed by atoms with van der Waals surface area (Å²) in [5.41, 5.74) is 13.0. The molecule has 3 rings (SSSR count). The van der Waals surface area contributed by atoms with E-state index in [2.05, 4.69) is 0 Å². The van der Waals surface area contributed by atoms with Gasteiger partial charge in [-0.15, -0.1) is 0 Å². The van der Waals surface area contributed by atoms with Gasteiger partial charge in [0.25, 0.3) is 5.91 Å². The Hall–Kier alpha value is -2.61. The lowest BCUT2D eigenvalue weighted by atomic mass is 10.1. The van der Waals surface area contributed by atoms with Crippen LogP contribution in [-0.2, 0) is 20.7 Å². The van der Waals surface area contributed by atoms with Gasteiger partial charge < -0.3 is 21.1 Å². The number of carbonyl (C=O) groups is 3. The summed E-state index contributed by atoms with van der Waals surface area (Å²) in [4.78, 5) is 38.2. The number of fused-ring (bicyclic) bond motifs is 1. The fourth-order valence-electron chi connectivity index (χ4n) is 2.91. The number of benzene rings is 1. The number of rotatable bonds is 4. The van der Waals surface area contributed by atoms with Crippen LogP contribution >= 0.6 is 0 Å². The number of carbonyl (C=O) groups excluding carboxylic acids is 3. The largest absolute Gasteiger partial charge is 0.434 e. The highest BCUT2D eigenvalue weighted by atomic mass is 16.6. The van der Waals surface area contributed by atoms with Gasteiger partial charge in [-0.1, -0.05) is 0 Å². The van der Waals surface area contributed by atoms with Crippen molar-refractivity contribution >= 4 is 29.3 Å². The molecule has 4 N–H and O–H groups in total. The molecule has 122 valence electrons. The fourth-order valence-corrected chi connectivity index (χ4v) is 2.91. The smallest absolute Gasteiger partial charge is 0.415 e. The van der Waals surface area contributed by atoms with E-state index in [1.807, 2.05) is 6.92 Å². The molecule has 0 aromatic heterocycles. The van der Waals surface area contributed by atoms with Gasteiger partial charge in [-0.3, -0.25) is 14.5 Å². The molecule has 0 aliphatic carbocycles. The van der Waals surface area contributed by atoms with Crippen molar-refractivity contribution < 1.29 is 19.1 Å². The van der Waals surface area contributed by atoms with Crippen molar-refractivity contribution in [3.63, 3.8) is 0 Å². The Bertz CT molecular complexity index is 690. The minimum atomic E-state index is -0.953. The molecule has 23 heavy (non-hydrogen) atoms. The SMILES string of the molecule is CC(CN)N1C(=O)Cc2cc(N3C[C@H](C(N)=O)OC3=O)ccc21. The van der Waals surface area contributed by atoms with Crippen molar-refractivity contribution in [2.75, 3.05) is 22.9 Å². The first-order chi connectivity index (χ1) is 10.9. The van der Waals surface area contributed by atoms with Crippen molar-refractivity contribution in [2.24, 2.45) is 11.5 Å². The zero-order chi connectivity index (χ0) is 16.7. The molecule has 1 fully saturated rings. The summed E-state index contributed by atoms with van der Waals surface area (Å²) in [5, 5.41) is 0. The first kappa shape index (κ1) is 15.3. The first-order valence-electron chi connectivity index (χ1n) is 7.35. The minimum Gasteiger partial charge on any atom is -0.434 e. The molecule has 8 heteroatoms. The van der Waals surface area contributed by atoms with E-state index >= 15 is 0 Å². The molecular formula is C15H18N4O4. The molecule has 1 saturated heterocycles. The average Bonchev–Trinajstić information content (AvgIpc) is 3.05. The van der Waals surface area contributed by atoms with E-state index in [0.717, 1.165) is 11.3 Å². The first-order valence-corrected chi connectivity index (χ1v) is 7.35. The van der Waals surface area contributed by atoms with Gasteiger partial charge in [0, 0.05) is 24.0 Å². The molecule has 3 amide bonds. The molecule has 0 bridgehead atoms. The van der Waals surface area contributed by atoms with Crippen molar-refractivity contribution in [1.82, 2.24) is 0 Å². The minimum absolute atomic E-state index is 0.0193. The van der Waals surface area contributed by atoms with Gasteiger partial charge in [0.15, 0.2) is 6.10 Å². The number of nitrogens with two attached hydrogens (primary N) is 2. The quantitative estimate of drug-likeness (QED) is 0.792. The number of amides is 3. The lowest BCUT2D eigenvalue weighted by Crippen LogP contribution is -2.40. The number of hydrogen-bond acceptors (Lipinski definition) is 5. The second-order valence-electron chi connectivity index (χ2n) is 5.72. The van der Waals surface area contributed by atoms with E-state index in [0.29, 0.717) is 12.2 Å². The molecule has 0 spiro atoms. The Morgan fingerprint density at radius 3 is 2.78 bits per heavy atom. The van der Waals surface area contributed by atoms with Crippen LogP contribution in [0.3, 0.4) is 0 Å². The van der Waals surface area contributed by atoms with Gasteiger partial charge in [-0.25, -0.2) is 4.79 Å². The number of hydrogen-bond donors (Lipinski definition) is 2. The van der Waals surface area contributed by atoms with E-state index < -0.39 is 18.1 Å². The van der Waals surface area contributed by atoms with Gasteiger partial charge in [-0.05, 0) is 30.7 Å². The van der Waals surface area contributed by atoms with Gasteiger partial charge in [0.2, 0.25) is 5.91 Å². The Morgan fingerprint density at radius 2 is 2.17 bits per heavy atom. The maximum Gasteiger partial charge on any atom is 0.415 e. The summed E-state index contributed by atoms with van der Waals surface area (Å²) in [6.45, 7) is 2.33. The average molecular weight is 318 g/mol. The molecule has 8 nitrogen and oxygen atoms in total. The highest BCUT2D eigenvalue weighted by Crippen LogP contribution is 2.34. The summed E-state index contributed by atoms with van der Waals surface area (Å²) >= 11 is 0. The number of anilines is 2. The molecule has 1 unspecified atom stereocenters. The topological polar surface area (TPSA) is 119 Å². The van der Waals surface area contributed by atoms with Crippen LogP contribution in [0.15, 0.2) is 18.2 Å². The Balaban J connectivity index is 1.89. The third-order valence-corrected chi connectivity index (χ3v) is 4.16. The van der Waals surface area contributed by atoms with Crippen molar-refractivity contribution in [3.8, 4) is 0 Å². The molecule has 1 aromatic carbocycles. The standard InChI is InChI=1S/C15H18N4O4/c1-8(6-16)19-11-3-2-10(4-9(11)5-13(19)20)18-7-12(14(17)21)23-15(18)22/h2-4,8,12H,5-7,16H2,1H3,(H2,17,21)/t8?,12-/m1/s1. The monoisotopic (exact) mass is 318 g/mol. The number of ether oxygens (including phenoxy) is 1. The van der Waals surface area contributed by atoms with Crippen LogP contribution in [-0.4, -0.2) is 43.1 Å². The summed E-state index contributed by atoms with van der Waals surface area (Å²) in [6, 6.07) is 5.18. The lowest BCUT2D eigenvalue weighted by molar-refractivity contribution is -0.124. The van der Waals surface area contributed by atoms with E-state index in [-0.39, 0.29) is 24.9 Å². The van der Waals surface area contributed by atoms with E-state index in [9.17, 15) is 14.4 Å². The van der Waals surface area contributed by atoms with Crippen LogP contribution in [0.4, 0.5) is 16.2 Å². The molecule has 2 aliphatic heterocycles. The predicted octanol–water partition coefficient (Wildman–Crippen LogP) is -0.267. The van der Waals surface area contributed by atoms with Crippen molar-refractivity contribution in [2.45, 2.75) is 25.5 Å². The Morgan fingerprint density at radius 1 is 1.43 bits per heavy atom. The third-order valence-electron chi connectivity index (χ3n) is 4.16. The zero-order valence-corrected chi connectivity index (χ0v) is 12.7. The second-order valence-corrected chi connectivity index (χ2v) is 5.72. The molecule has 2 heterocycles. The highest BCUT2D eigenvalue weighted by molar-refractivity contribution is 6.03. The van der Waals surface area contributed by atoms with Crippen LogP contribution in [0.1, 0.15) is 12.5 Å². The summed E-state index contributed by atoms with van der Waals surface area (Å²) in [7, 11) is 0. The zero-order valence-electron chi connectivity index (χ0n) is 12.7. The van der Waals surface area contributed by atoms with Gasteiger partial charge >= 0.3 is 6.09 Å². The lowest BCUT2D eigenvalue weighted by Gasteiger charge is -2.24. The normalized spacial score (nSPS) is 21.4. The van der Waals surface area contributed by atoms with Crippen LogP contribution in [0.2, 0.25) is 0 Å². The molecule has 0 saturated carbocycles. The molecule has 2 atom stereocenters. The van der Waals surface area contributed by atoms with Crippen LogP contribution in [0.25, 0.3) is 0 Å². The Labute approximate surface area is 133 Å². The van der Waals surface area contributed by atoms with E-state index in [1.165, 1.54) is 4.90 Å². The number of primary amides is 1. The van der Waals surface area contributed by atoms with Crippen LogP contribution < -0.4 is 21.3 Å². The highest BCUT2D eigenvalue weighted by Gasteiger charge is 2.37. The van der Waals surface area contributed by atoms with Crippen molar-refractivity contribution in [1.29, 1.82) is 0 Å². The maximum absolute atomic E-state index is 12.2. The summed E-state index contributed by atoms with van der Waals surface area (Å²) in [5.74, 6) is -0.700. The summed E-state index contributed by atoms with van der Waals surface area (Å²) in [6.07, 6.45) is -1.31. The van der Waals surface area contributed by atoms with Crippen LogP contribution in [0.5, 0.6) is 0 Å². The van der Waals surface area contributed by atoms with E-state index in [4.69, 9.17) is 16.2 Å². The Kier molecular flexibility index (Phi) is 3.69. The van der Waals surface area contributed by atoms with Crippen molar-refractivity contribution in [3.05, 3.63) is 23.8 Å². The molecule has 0 radical (unpaired) electrons. The second kappa shape index (κ2) is 5.54. The van der Waals surface area contributed by atoms with Gasteiger partial charge in [-0.2, -0.15) is 0 Å². The van der Waals surface area contributed by atoms with E-state index in [1.54, 1.807) is 23.1 Å². The predicted molar refractivity (Wildman–Crippen MR) is 83.0 cm³/mol. The maximum atomic E-state index is 12.2. The fraction of sp³-hybridized carbons (Fsp3) is 0.400. The number of cyclic esters (lactones) is 1. The summed E-state index contributed by atoms with van der Waals surface area (Å²) < 4.78 is 4.93. The molecular weight excluding hydrogens is 300 g/mol. The third kappa shape index (κ3) is 2.50. The van der Waals surface area contributed by atoms with Crippen LogP contribution in [0, 0.1) is 0 Å².